The molecule has 0 amide bonds. The summed E-state index contributed by atoms with van der Waals surface area (Å²) < 4.78 is 0. The maximum Gasteiger partial charge on any atom is 0.0244 e. The van der Waals surface area contributed by atoms with Crippen LogP contribution in [0.25, 0.3) is 0 Å². The Hall–Kier alpha value is -0.0800. The van der Waals surface area contributed by atoms with Gasteiger partial charge in [-0.2, -0.15) is 0 Å². The molecule has 2 rings (SSSR count). The Kier molecular flexibility index (Phi) is 5.92. The molecule has 0 radical (unpaired) electrons. The first-order valence-electron chi connectivity index (χ1n) is 8.94. The highest BCUT2D eigenvalue weighted by atomic mass is 15.2. The van der Waals surface area contributed by atoms with Crippen LogP contribution in [0, 0.1) is 23.7 Å². The van der Waals surface area contributed by atoms with Gasteiger partial charge in [-0.05, 0) is 36.5 Å². The first-order chi connectivity index (χ1) is 9.47. The van der Waals surface area contributed by atoms with Gasteiger partial charge in [-0.25, -0.2) is 0 Å². The summed E-state index contributed by atoms with van der Waals surface area (Å²) in [6.45, 7) is 15.7. The highest BCUT2D eigenvalue weighted by Gasteiger charge is 2.33. The molecule has 4 atom stereocenters. The minimum Gasteiger partial charge on any atom is -0.311 e. The number of hydrogen-bond acceptors (Lipinski definition) is 2. The smallest absolute Gasteiger partial charge is 0.0244 e. The maximum atomic E-state index is 3.78. The second-order valence-electron chi connectivity index (χ2n) is 8.16. The molecule has 0 bridgehead atoms. The van der Waals surface area contributed by atoms with Crippen LogP contribution >= 0.6 is 0 Å². The molecular weight excluding hydrogens is 244 g/mol. The van der Waals surface area contributed by atoms with Gasteiger partial charge in [0.05, 0.1) is 0 Å². The number of hydrogen-bond donors (Lipinski definition) is 1. The van der Waals surface area contributed by atoms with Crippen LogP contribution in [0.3, 0.4) is 0 Å². The Labute approximate surface area is 126 Å². The Morgan fingerprint density at radius 1 is 1.10 bits per heavy atom. The molecule has 0 aromatic rings. The Morgan fingerprint density at radius 3 is 2.45 bits per heavy atom. The third-order valence-electron chi connectivity index (χ3n) is 5.60. The van der Waals surface area contributed by atoms with Gasteiger partial charge in [-0.1, -0.05) is 47.5 Å². The van der Waals surface area contributed by atoms with E-state index in [-0.39, 0.29) is 0 Å². The monoisotopic (exact) mass is 280 g/mol. The fraction of sp³-hybridized carbons (Fsp3) is 1.00. The lowest BCUT2D eigenvalue weighted by molar-refractivity contribution is 0.0591. The summed E-state index contributed by atoms with van der Waals surface area (Å²) in [4.78, 5) is 2.83. The summed E-state index contributed by atoms with van der Waals surface area (Å²) >= 11 is 0. The van der Waals surface area contributed by atoms with E-state index in [1.54, 1.807) is 0 Å². The summed E-state index contributed by atoms with van der Waals surface area (Å²) in [6, 6.07) is 1.42. The zero-order valence-electron chi connectivity index (χ0n) is 14.4. The number of nitrogens with zero attached hydrogens (tertiary/aromatic N) is 1. The van der Waals surface area contributed by atoms with Crippen LogP contribution in [0.15, 0.2) is 0 Å². The van der Waals surface area contributed by atoms with Crippen LogP contribution in [0.4, 0.5) is 0 Å². The van der Waals surface area contributed by atoms with Crippen molar-refractivity contribution in [2.24, 2.45) is 23.7 Å². The van der Waals surface area contributed by atoms with E-state index < -0.39 is 0 Å². The lowest BCUT2D eigenvalue weighted by Gasteiger charge is -2.45. The van der Waals surface area contributed by atoms with Gasteiger partial charge in [-0.15, -0.1) is 0 Å². The average Bonchev–Trinajstić information content (AvgIpc) is 2.38. The van der Waals surface area contributed by atoms with Crippen molar-refractivity contribution in [2.75, 3.05) is 19.6 Å². The van der Waals surface area contributed by atoms with Crippen LogP contribution in [-0.2, 0) is 0 Å². The predicted molar refractivity (Wildman–Crippen MR) is 87.9 cm³/mol. The molecule has 2 aliphatic rings. The van der Waals surface area contributed by atoms with Crippen molar-refractivity contribution in [1.29, 1.82) is 0 Å². The second-order valence-corrected chi connectivity index (χ2v) is 8.16. The molecule has 1 heterocycles. The van der Waals surface area contributed by atoms with Crippen LogP contribution in [-0.4, -0.2) is 36.6 Å². The normalized spacial score (nSPS) is 36.8. The van der Waals surface area contributed by atoms with Gasteiger partial charge in [-0.3, -0.25) is 4.90 Å². The molecule has 1 saturated heterocycles. The Balaban J connectivity index is 1.95. The minimum atomic E-state index is 0.686. The number of piperazine rings is 1. The molecule has 1 aliphatic heterocycles. The van der Waals surface area contributed by atoms with E-state index in [1.807, 2.05) is 0 Å². The standard InChI is InChI=1S/C18H36N2/c1-13(2)17-12-20(18(10-19-17)14(3)4)11-16-8-6-7-15(5)9-16/h13-19H,6-12H2,1-5H3. The first kappa shape index (κ1) is 16.3. The van der Waals surface area contributed by atoms with Gasteiger partial charge >= 0.3 is 0 Å². The van der Waals surface area contributed by atoms with Gasteiger partial charge in [0.1, 0.15) is 0 Å². The highest BCUT2D eigenvalue weighted by molar-refractivity contribution is 4.90. The van der Waals surface area contributed by atoms with Gasteiger partial charge in [0.2, 0.25) is 0 Å². The molecule has 2 heteroatoms. The molecule has 1 N–H and O–H groups in total. The molecule has 1 saturated carbocycles. The maximum absolute atomic E-state index is 3.78. The summed E-state index contributed by atoms with van der Waals surface area (Å²) in [5, 5.41) is 3.78. The fourth-order valence-corrected chi connectivity index (χ4v) is 4.22. The topological polar surface area (TPSA) is 15.3 Å². The molecule has 0 spiro atoms. The van der Waals surface area contributed by atoms with Crippen molar-refractivity contribution >= 4 is 0 Å². The van der Waals surface area contributed by atoms with Crippen molar-refractivity contribution in [3.63, 3.8) is 0 Å². The van der Waals surface area contributed by atoms with E-state index in [4.69, 9.17) is 0 Å². The lowest BCUT2D eigenvalue weighted by Crippen LogP contribution is -2.60. The average molecular weight is 281 g/mol. The summed E-state index contributed by atoms with van der Waals surface area (Å²) in [5.74, 6) is 3.41. The van der Waals surface area contributed by atoms with Crippen molar-refractivity contribution < 1.29 is 0 Å². The number of nitrogens with one attached hydrogen (secondary N) is 1. The summed E-state index contributed by atoms with van der Waals surface area (Å²) in [6.07, 6.45) is 5.84. The molecule has 2 fully saturated rings. The largest absolute Gasteiger partial charge is 0.311 e. The lowest BCUT2D eigenvalue weighted by atomic mass is 9.81. The Morgan fingerprint density at radius 2 is 1.85 bits per heavy atom. The first-order valence-corrected chi connectivity index (χ1v) is 8.94. The molecule has 0 aromatic carbocycles. The van der Waals surface area contributed by atoms with Crippen molar-refractivity contribution in [3.05, 3.63) is 0 Å². The number of rotatable bonds is 4. The van der Waals surface area contributed by atoms with Gasteiger partial charge < -0.3 is 5.32 Å². The van der Waals surface area contributed by atoms with E-state index in [1.165, 1.54) is 45.3 Å². The molecule has 0 aromatic heterocycles. The SMILES string of the molecule is CC1CCCC(CN2CC(C(C)C)NCC2C(C)C)C1. The third kappa shape index (κ3) is 4.21. The molecule has 4 unspecified atom stereocenters. The predicted octanol–water partition coefficient (Wildman–Crippen LogP) is 3.77. The van der Waals surface area contributed by atoms with Crippen LogP contribution in [0.2, 0.25) is 0 Å². The summed E-state index contributed by atoms with van der Waals surface area (Å²) in [7, 11) is 0. The van der Waals surface area contributed by atoms with Gasteiger partial charge in [0, 0.05) is 31.7 Å². The van der Waals surface area contributed by atoms with E-state index in [2.05, 4.69) is 44.8 Å². The van der Waals surface area contributed by atoms with Crippen molar-refractivity contribution in [3.8, 4) is 0 Å². The molecule has 2 nitrogen and oxygen atoms in total. The van der Waals surface area contributed by atoms with Crippen LogP contribution < -0.4 is 5.32 Å². The van der Waals surface area contributed by atoms with Crippen molar-refractivity contribution in [1.82, 2.24) is 10.2 Å². The van der Waals surface area contributed by atoms with Crippen molar-refractivity contribution in [2.45, 2.75) is 72.4 Å². The molecule has 118 valence electrons. The summed E-state index contributed by atoms with van der Waals surface area (Å²) in [5.41, 5.74) is 0. The van der Waals surface area contributed by atoms with Gasteiger partial charge in [0.25, 0.3) is 0 Å². The second kappa shape index (κ2) is 7.26. The van der Waals surface area contributed by atoms with E-state index >= 15 is 0 Å². The van der Waals surface area contributed by atoms with Crippen LogP contribution in [0.5, 0.6) is 0 Å². The van der Waals surface area contributed by atoms with E-state index in [0.717, 1.165) is 29.7 Å². The molecular formula is C18H36N2. The van der Waals surface area contributed by atoms with E-state index in [0.29, 0.717) is 6.04 Å². The van der Waals surface area contributed by atoms with E-state index in [9.17, 15) is 0 Å². The Bertz CT molecular complexity index is 287. The minimum absolute atomic E-state index is 0.686. The highest BCUT2D eigenvalue weighted by Crippen LogP contribution is 2.30. The fourth-order valence-electron chi connectivity index (χ4n) is 4.22. The van der Waals surface area contributed by atoms with Gasteiger partial charge in [0.15, 0.2) is 0 Å². The quantitative estimate of drug-likeness (QED) is 0.843. The zero-order valence-corrected chi connectivity index (χ0v) is 14.4. The molecule has 1 aliphatic carbocycles. The van der Waals surface area contributed by atoms with Crippen LogP contribution in [0.1, 0.15) is 60.3 Å². The molecule has 20 heavy (non-hydrogen) atoms. The third-order valence-corrected chi connectivity index (χ3v) is 5.60. The zero-order chi connectivity index (χ0) is 14.7.